The van der Waals surface area contributed by atoms with Crippen LogP contribution >= 0.6 is 0 Å². The number of Topliss-reactive ketones (excluding diaryl/α,β-unsaturated/α-hetero) is 1. The third-order valence-electron chi connectivity index (χ3n) is 3.18. The first-order valence-corrected chi connectivity index (χ1v) is 5.54. The highest BCUT2D eigenvalue weighted by molar-refractivity contribution is 6.00. The van der Waals surface area contributed by atoms with Crippen molar-refractivity contribution in [1.82, 2.24) is 0 Å². The van der Waals surface area contributed by atoms with E-state index in [1.807, 2.05) is 6.92 Å². The predicted molar refractivity (Wildman–Crippen MR) is 61.1 cm³/mol. The van der Waals surface area contributed by atoms with Gasteiger partial charge in [0, 0.05) is 12.0 Å². The van der Waals surface area contributed by atoms with E-state index in [0.717, 1.165) is 6.42 Å². The Morgan fingerprint density at radius 2 is 1.82 bits per heavy atom. The number of benzene rings is 1. The van der Waals surface area contributed by atoms with E-state index in [4.69, 9.17) is 9.47 Å². The van der Waals surface area contributed by atoms with Gasteiger partial charge in [0.2, 0.25) is 0 Å². The molecule has 0 aromatic heterocycles. The molecule has 0 bridgehead atoms. The molecule has 92 valence electrons. The number of halogens is 1. The summed E-state index contributed by atoms with van der Waals surface area (Å²) in [5, 5.41) is 0. The molecule has 4 heteroatoms. The van der Waals surface area contributed by atoms with E-state index < -0.39 is 5.82 Å². The van der Waals surface area contributed by atoms with Crippen molar-refractivity contribution in [3.63, 3.8) is 0 Å². The summed E-state index contributed by atoms with van der Waals surface area (Å²) in [5.41, 5.74) is 0.0944. The highest BCUT2D eigenvalue weighted by atomic mass is 19.1. The van der Waals surface area contributed by atoms with Crippen LogP contribution in [0.5, 0.6) is 11.5 Å². The number of ether oxygens (including phenoxy) is 2. The summed E-state index contributed by atoms with van der Waals surface area (Å²) < 4.78 is 23.8. The third kappa shape index (κ3) is 2.12. The normalized spacial score (nSPS) is 22.1. The number of ketones is 1. The number of hydrogen-bond donors (Lipinski definition) is 0. The molecule has 1 fully saturated rings. The Morgan fingerprint density at radius 1 is 1.29 bits per heavy atom. The summed E-state index contributed by atoms with van der Waals surface area (Å²) >= 11 is 0. The molecule has 17 heavy (non-hydrogen) atoms. The molecule has 0 aliphatic heterocycles. The molecule has 1 aromatic carbocycles. The number of methoxy groups -OCH3 is 2. The van der Waals surface area contributed by atoms with Gasteiger partial charge in [-0.15, -0.1) is 0 Å². The van der Waals surface area contributed by atoms with Crippen LogP contribution in [0.25, 0.3) is 0 Å². The summed E-state index contributed by atoms with van der Waals surface area (Å²) in [4.78, 5) is 12.0. The Morgan fingerprint density at radius 3 is 2.29 bits per heavy atom. The first-order valence-electron chi connectivity index (χ1n) is 5.54. The minimum Gasteiger partial charge on any atom is -0.493 e. The summed E-state index contributed by atoms with van der Waals surface area (Å²) in [6, 6.07) is 2.61. The lowest BCUT2D eigenvalue weighted by Crippen LogP contribution is -2.07. The maximum Gasteiger partial charge on any atom is 0.169 e. The maximum atomic E-state index is 13.8. The smallest absolute Gasteiger partial charge is 0.169 e. The molecule has 0 heterocycles. The van der Waals surface area contributed by atoms with Gasteiger partial charge in [0.25, 0.3) is 0 Å². The molecule has 1 aliphatic carbocycles. The summed E-state index contributed by atoms with van der Waals surface area (Å²) in [6.07, 6.45) is 0.840. The van der Waals surface area contributed by atoms with E-state index >= 15 is 0 Å². The van der Waals surface area contributed by atoms with Crippen LogP contribution in [0.15, 0.2) is 12.1 Å². The van der Waals surface area contributed by atoms with Crippen LogP contribution in [0, 0.1) is 17.7 Å². The van der Waals surface area contributed by atoms with Crippen molar-refractivity contribution >= 4 is 5.78 Å². The highest BCUT2D eigenvalue weighted by Gasteiger charge is 2.40. The standard InChI is InChI=1S/C13H15FO3/c1-7-4-8(7)13(15)9-5-11(16-2)12(17-3)6-10(9)14/h5-8H,4H2,1-3H3. The Balaban J connectivity index is 2.37. The van der Waals surface area contributed by atoms with Gasteiger partial charge in [-0.25, -0.2) is 4.39 Å². The summed E-state index contributed by atoms with van der Waals surface area (Å²) in [5.74, 6) is 0.302. The molecule has 3 nitrogen and oxygen atoms in total. The largest absolute Gasteiger partial charge is 0.493 e. The van der Waals surface area contributed by atoms with Gasteiger partial charge in [0.1, 0.15) is 5.82 Å². The fraction of sp³-hybridized carbons (Fsp3) is 0.462. The van der Waals surface area contributed by atoms with Crippen molar-refractivity contribution in [3.8, 4) is 11.5 Å². The highest BCUT2D eigenvalue weighted by Crippen LogP contribution is 2.42. The molecule has 0 radical (unpaired) electrons. The fourth-order valence-electron chi connectivity index (χ4n) is 1.93. The zero-order valence-electron chi connectivity index (χ0n) is 10.1. The zero-order chi connectivity index (χ0) is 12.6. The number of carbonyl (C=O) groups is 1. The van der Waals surface area contributed by atoms with Crippen molar-refractivity contribution < 1.29 is 18.7 Å². The second-order valence-corrected chi connectivity index (χ2v) is 4.37. The maximum absolute atomic E-state index is 13.8. The van der Waals surface area contributed by atoms with Gasteiger partial charge in [0.15, 0.2) is 17.3 Å². The minimum absolute atomic E-state index is 0.0393. The lowest BCUT2D eigenvalue weighted by molar-refractivity contribution is 0.0958. The Bertz CT molecular complexity index is 456. The van der Waals surface area contributed by atoms with Crippen LogP contribution in [0.3, 0.4) is 0 Å². The van der Waals surface area contributed by atoms with E-state index in [2.05, 4.69) is 0 Å². The van der Waals surface area contributed by atoms with Crippen molar-refractivity contribution in [2.24, 2.45) is 11.8 Å². The van der Waals surface area contributed by atoms with Crippen molar-refractivity contribution in [1.29, 1.82) is 0 Å². The van der Waals surface area contributed by atoms with Crippen molar-refractivity contribution in [2.45, 2.75) is 13.3 Å². The molecule has 0 N–H and O–H groups in total. The molecule has 0 saturated heterocycles. The predicted octanol–water partition coefficient (Wildman–Crippen LogP) is 2.68. The lowest BCUT2D eigenvalue weighted by Gasteiger charge is -2.10. The van der Waals surface area contributed by atoms with Crippen LogP contribution in [0.1, 0.15) is 23.7 Å². The first-order chi connectivity index (χ1) is 8.08. The Labute approximate surface area is 99.5 Å². The molecule has 1 saturated carbocycles. The summed E-state index contributed by atoms with van der Waals surface area (Å²) in [6.45, 7) is 1.99. The van der Waals surface area contributed by atoms with Gasteiger partial charge >= 0.3 is 0 Å². The average molecular weight is 238 g/mol. The number of carbonyl (C=O) groups excluding carboxylic acids is 1. The SMILES string of the molecule is COc1cc(F)c(C(=O)C2CC2C)cc1OC. The number of rotatable bonds is 4. The topological polar surface area (TPSA) is 35.5 Å². The quantitative estimate of drug-likeness (QED) is 0.756. The monoisotopic (exact) mass is 238 g/mol. The second-order valence-electron chi connectivity index (χ2n) is 4.37. The molecule has 1 aromatic rings. The van der Waals surface area contributed by atoms with Crippen LogP contribution in [-0.2, 0) is 0 Å². The van der Waals surface area contributed by atoms with Gasteiger partial charge in [-0.3, -0.25) is 4.79 Å². The van der Waals surface area contributed by atoms with Crippen LogP contribution in [0.2, 0.25) is 0 Å². The molecule has 0 spiro atoms. The molecular formula is C13H15FO3. The fourth-order valence-corrected chi connectivity index (χ4v) is 1.93. The lowest BCUT2D eigenvalue weighted by atomic mass is 10.0. The number of hydrogen-bond acceptors (Lipinski definition) is 3. The van der Waals surface area contributed by atoms with E-state index in [1.165, 1.54) is 26.4 Å². The van der Waals surface area contributed by atoms with Gasteiger partial charge in [-0.1, -0.05) is 6.92 Å². The van der Waals surface area contributed by atoms with E-state index in [-0.39, 0.29) is 17.3 Å². The van der Waals surface area contributed by atoms with Gasteiger partial charge in [-0.05, 0) is 18.4 Å². The van der Waals surface area contributed by atoms with Crippen molar-refractivity contribution in [2.75, 3.05) is 14.2 Å². The first kappa shape index (κ1) is 11.9. The average Bonchev–Trinajstić information content (AvgIpc) is 3.05. The van der Waals surface area contributed by atoms with Crippen LogP contribution < -0.4 is 9.47 Å². The minimum atomic E-state index is -0.549. The van der Waals surface area contributed by atoms with Gasteiger partial charge < -0.3 is 9.47 Å². The molecule has 1 aliphatic rings. The second kappa shape index (κ2) is 4.35. The van der Waals surface area contributed by atoms with E-state index in [1.54, 1.807) is 0 Å². The molecule has 0 amide bonds. The van der Waals surface area contributed by atoms with Crippen LogP contribution in [0.4, 0.5) is 4.39 Å². The van der Waals surface area contributed by atoms with Gasteiger partial charge in [0.05, 0.1) is 19.8 Å². The van der Waals surface area contributed by atoms with Gasteiger partial charge in [-0.2, -0.15) is 0 Å². The van der Waals surface area contributed by atoms with E-state index in [9.17, 15) is 9.18 Å². The van der Waals surface area contributed by atoms with E-state index in [0.29, 0.717) is 17.4 Å². The zero-order valence-corrected chi connectivity index (χ0v) is 10.1. The molecule has 2 atom stereocenters. The van der Waals surface area contributed by atoms with Crippen LogP contribution in [-0.4, -0.2) is 20.0 Å². The third-order valence-corrected chi connectivity index (χ3v) is 3.18. The Kier molecular flexibility index (Phi) is 3.05. The van der Waals surface area contributed by atoms with Crippen molar-refractivity contribution in [3.05, 3.63) is 23.5 Å². The molecular weight excluding hydrogens is 223 g/mol. The molecule has 2 rings (SSSR count). The summed E-state index contributed by atoms with van der Waals surface area (Å²) in [7, 11) is 2.89. The Hall–Kier alpha value is -1.58. The molecule has 2 unspecified atom stereocenters.